The monoisotopic (exact) mass is 344 g/mol. The molecule has 4 heterocycles. The van der Waals surface area contributed by atoms with E-state index in [0.29, 0.717) is 22.8 Å². The molecule has 2 nitrogen and oxygen atoms in total. The molecule has 0 spiro atoms. The van der Waals surface area contributed by atoms with Gasteiger partial charge in [0.15, 0.2) is 5.70 Å². The van der Waals surface area contributed by atoms with E-state index in [1.165, 1.54) is 8.96 Å². The summed E-state index contributed by atoms with van der Waals surface area (Å²) in [5.41, 5.74) is 6.33. The quantitative estimate of drug-likeness (QED) is 0.637. The van der Waals surface area contributed by atoms with Crippen molar-refractivity contribution in [1.82, 2.24) is 4.48 Å². The van der Waals surface area contributed by atoms with Gasteiger partial charge in [0, 0.05) is 28.6 Å². The van der Waals surface area contributed by atoms with Crippen LogP contribution in [0.15, 0.2) is 34.8 Å². The zero-order chi connectivity index (χ0) is 17.4. The lowest BCUT2D eigenvalue weighted by Crippen LogP contribution is -2.51. The summed E-state index contributed by atoms with van der Waals surface area (Å²) in [7, 11) is 0. The van der Waals surface area contributed by atoms with Gasteiger partial charge in [0.1, 0.15) is 5.71 Å². The van der Waals surface area contributed by atoms with Crippen molar-refractivity contribution in [3.8, 4) is 0 Å². The number of fused-ring (bicyclic) bond motifs is 2. The van der Waals surface area contributed by atoms with Gasteiger partial charge in [-0.25, -0.2) is 0 Å². The summed E-state index contributed by atoms with van der Waals surface area (Å²) in [4.78, 5) is 1.05. The van der Waals surface area contributed by atoms with Crippen molar-refractivity contribution >= 4 is 35.2 Å². The Bertz CT molecular complexity index is 975. The highest BCUT2D eigenvalue weighted by Gasteiger charge is 2.55. The molecule has 0 saturated carbocycles. The van der Waals surface area contributed by atoms with E-state index >= 15 is 8.63 Å². The van der Waals surface area contributed by atoms with Crippen molar-refractivity contribution in [2.45, 2.75) is 34.6 Å². The van der Waals surface area contributed by atoms with E-state index in [1.54, 1.807) is 18.3 Å². The molecule has 0 radical (unpaired) electrons. The fourth-order valence-corrected chi connectivity index (χ4v) is 5.29. The van der Waals surface area contributed by atoms with Gasteiger partial charge in [0.2, 0.25) is 0 Å². The Balaban J connectivity index is 2.11. The van der Waals surface area contributed by atoms with Crippen LogP contribution in [0.2, 0.25) is 0 Å². The van der Waals surface area contributed by atoms with Gasteiger partial charge in [0.05, 0.1) is 5.57 Å². The Hall–Kier alpha value is -1.95. The second-order valence-electron chi connectivity index (χ2n) is 6.68. The number of halogens is 2. The molecule has 0 atom stereocenters. The van der Waals surface area contributed by atoms with Gasteiger partial charge in [-0.3, -0.25) is 0 Å². The summed E-state index contributed by atoms with van der Waals surface area (Å²) in [6, 6.07) is 5.82. The molecule has 124 valence electrons. The molecule has 2 aromatic heterocycles. The third-order valence-electron chi connectivity index (χ3n) is 5.21. The van der Waals surface area contributed by atoms with Crippen molar-refractivity contribution in [2.24, 2.45) is 0 Å². The summed E-state index contributed by atoms with van der Waals surface area (Å²) in [6.07, 6.45) is 0. The fourth-order valence-electron chi connectivity index (χ4n) is 4.41. The minimum absolute atomic E-state index is 0.612. The Morgan fingerprint density at radius 2 is 1.79 bits per heavy atom. The van der Waals surface area contributed by atoms with E-state index < -0.39 is 6.97 Å². The summed E-state index contributed by atoms with van der Waals surface area (Å²) in [6.45, 7) is 5.52. The van der Waals surface area contributed by atoms with Crippen LogP contribution < -0.4 is 0 Å². The molecule has 0 bridgehead atoms. The molecule has 2 aliphatic heterocycles. The Morgan fingerprint density at radius 3 is 2.42 bits per heavy atom. The van der Waals surface area contributed by atoms with Crippen LogP contribution >= 0.6 is 11.3 Å². The van der Waals surface area contributed by atoms with Crippen LogP contribution in [0.1, 0.15) is 42.6 Å². The summed E-state index contributed by atoms with van der Waals surface area (Å²) in [5.74, 6) is 0. The Labute approximate surface area is 144 Å². The van der Waals surface area contributed by atoms with E-state index in [1.807, 2.05) is 51.3 Å². The molecule has 24 heavy (non-hydrogen) atoms. The van der Waals surface area contributed by atoms with E-state index in [9.17, 15) is 0 Å². The molecular formula is C18H19BF2N2S. The Kier molecular flexibility index (Phi) is 3.11. The van der Waals surface area contributed by atoms with Crippen LogP contribution in [0.3, 0.4) is 0 Å². The normalized spacial score (nSPS) is 19.3. The molecule has 6 heteroatoms. The molecule has 0 unspecified atom stereocenters. The van der Waals surface area contributed by atoms with Crippen molar-refractivity contribution in [2.75, 3.05) is 0 Å². The number of allylic oxidation sites excluding steroid dienone is 3. The molecule has 2 aliphatic rings. The highest BCUT2D eigenvalue weighted by Crippen LogP contribution is 2.45. The SMILES string of the molecule is CC1=C(c2cccs2)C(C)=[N+]2C1=C(C)c1c(C)cc(C)n1[B-]2(F)F. The molecule has 4 rings (SSSR count). The van der Waals surface area contributed by atoms with Crippen LogP contribution in [0.4, 0.5) is 8.63 Å². The summed E-state index contributed by atoms with van der Waals surface area (Å²) < 4.78 is 33.5. The molecule has 0 amide bonds. The lowest BCUT2D eigenvalue weighted by molar-refractivity contribution is -0.363. The lowest BCUT2D eigenvalue weighted by Gasteiger charge is -2.32. The average Bonchev–Trinajstić information content (AvgIpc) is 3.15. The van der Waals surface area contributed by atoms with Gasteiger partial charge >= 0.3 is 6.97 Å². The van der Waals surface area contributed by atoms with E-state index in [-0.39, 0.29) is 0 Å². The van der Waals surface area contributed by atoms with Crippen molar-refractivity contribution in [3.63, 3.8) is 0 Å². The van der Waals surface area contributed by atoms with Crippen LogP contribution in [0.25, 0.3) is 11.1 Å². The molecule has 0 aromatic carbocycles. The van der Waals surface area contributed by atoms with Crippen LogP contribution in [0.5, 0.6) is 0 Å². The molecule has 0 aliphatic carbocycles. The van der Waals surface area contributed by atoms with Gasteiger partial charge in [-0.15, -0.1) is 11.3 Å². The van der Waals surface area contributed by atoms with Crippen molar-refractivity contribution in [3.05, 3.63) is 56.7 Å². The largest absolute Gasteiger partial charge is 0.737 e. The van der Waals surface area contributed by atoms with Crippen molar-refractivity contribution < 1.29 is 13.1 Å². The van der Waals surface area contributed by atoms with Gasteiger partial charge < -0.3 is 17.6 Å². The maximum atomic E-state index is 15.5. The molecule has 2 aromatic rings. The van der Waals surface area contributed by atoms with Gasteiger partial charge in [-0.1, -0.05) is 6.07 Å². The smallest absolute Gasteiger partial charge is 0.394 e. The van der Waals surface area contributed by atoms with Crippen LogP contribution in [0, 0.1) is 13.8 Å². The van der Waals surface area contributed by atoms with E-state index in [2.05, 4.69) is 0 Å². The third-order valence-corrected chi connectivity index (χ3v) is 6.10. The summed E-state index contributed by atoms with van der Waals surface area (Å²) >= 11 is 1.59. The van der Waals surface area contributed by atoms with Gasteiger partial charge in [-0.2, -0.15) is 0 Å². The first-order valence-corrected chi connectivity index (χ1v) is 8.95. The highest BCUT2D eigenvalue weighted by molar-refractivity contribution is 7.11. The molecular weight excluding hydrogens is 325 g/mol. The second-order valence-corrected chi connectivity index (χ2v) is 7.63. The minimum Gasteiger partial charge on any atom is -0.394 e. The minimum atomic E-state index is -3.89. The number of rotatable bonds is 1. The number of hydrogen-bond donors (Lipinski definition) is 0. The van der Waals surface area contributed by atoms with E-state index in [0.717, 1.165) is 27.2 Å². The topological polar surface area (TPSA) is 7.94 Å². The maximum absolute atomic E-state index is 15.5. The fraction of sp³-hybridized carbons (Fsp3) is 0.278. The van der Waals surface area contributed by atoms with Gasteiger partial charge in [-0.05, 0) is 56.5 Å². The lowest BCUT2D eigenvalue weighted by atomic mass is 9.86. The summed E-state index contributed by atoms with van der Waals surface area (Å²) in [5, 5.41) is 1.99. The molecule has 0 saturated heterocycles. The number of aryl methyl sites for hydroxylation is 2. The van der Waals surface area contributed by atoms with Crippen LogP contribution in [-0.2, 0) is 0 Å². The molecule has 0 N–H and O–H groups in total. The maximum Gasteiger partial charge on any atom is 0.737 e. The first kappa shape index (κ1) is 15.6. The van der Waals surface area contributed by atoms with Crippen LogP contribution in [-0.4, -0.2) is 21.6 Å². The standard InChI is InChI=1S/C18H19BF2N2S/c1-10-9-11(2)22-17(10)13(4)18-12(3)16(15-7-6-8-24-15)14(5)23(18)19(22,20)21/h6-9H,1-5H3. The number of hydrogen-bond acceptors (Lipinski definition) is 1. The van der Waals surface area contributed by atoms with Gasteiger partial charge in [0.25, 0.3) is 0 Å². The van der Waals surface area contributed by atoms with E-state index in [4.69, 9.17) is 0 Å². The Morgan fingerprint density at radius 1 is 1.08 bits per heavy atom. The zero-order valence-electron chi connectivity index (χ0n) is 14.4. The first-order chi connectivity index (χ1) is 11.3. The first-order valence-electron chi connectivity index (χ1n) is 8.07. The molecule has 0 fully saturated rings. The number of aromatic nitrogens is 1. The number of nitrogens with zero attached hydrogens (tertiary/aromatic N) is 2. The second kappa shape index (κ2) is 4.79. The number of thiophene rings is 1. The third kappa shape index (κ3) is 1.72. The highest BCUT2D eigenvalue weighted by atomic mass is 32.1. The predicted octanol–water partition coefficient (Wildman–Crippen LogP) is 5.09. The zero-order valence-corrected chi connectivity index (χ0v) is 15.3. The predicted molar refractivity (Wildman–Crippen MR) is 97.7 cm³/mol. The average molecular weight is 344 g/mol. The van der Waals surface area contributed by atoms with Crippen molar-refractivity contribution in [1.29, 1.82) is 0 Å².